The van der Waals surface area contributed by atoms with Crippen LogP contribution >= 0.6 is 24.0 Å². The SMILES string of the molecule is CCCN1CCC(NC(=NCCOCC)NCC)CC1.I. The zero-order chi connectivity index (χ0) is 14.6. The predicted octanol–water partition coefficient (Wildman–Crippen LogP) is 2.07. The standard InChI is InChI=1S/C15H32N4O.HI/c1-4-10-19-11-7-14(8-12-19)18-15(16-5-2)17-9-13-20-6-3;/h14H,4-13H2,1-3H3,(H2,16,17,18);1H. The molecule has 0 radical (unpaired) electrons. The zero-order valence-corrected chi connectivity index (χ0v) is 16.2. The topological polar surface area (TPSA) is 48.9 Å². The number of halogens is 1. The molecule has 1 aliphatic rings. The molecule has 21 heavy (non-hydrogen) atoms. The Bertz CT molecular complexity index is 268. The first-order valence-electron chi connectivity index (χ1n) is 8.15. The van der Waals surface area contributed by atoms with E-state index >= 15 is 0 Å². The van der Waals surface area contributed by atoms with Crippen LogP contribution in [0.1, 0.15) is 40.0 Å². The molecule has 0 aromatic heterocycles. The monoisotopic (exact) mass is 412 g/mol. The maximum absolute atomic E-state index is 5.32. The van der Waals surface area contributed by atoms with Crippen LogP contribution in [0.5, 0.6) is 0 Å². The fraction of sp³-hybridized carbons (Fsp3) is 0.933. The molecule has 0 saturated carbocycles. The number of ether oxygens (including phenoxy) is 1. The van der Waals surface area contributed by atoms with Gasteiger partial charge in [0.1, 0.15) is 0 Å². The number of nitrogens with one attached hydrogen (secondary N) is 2. The van der Waals surface area contributed by atoms with Gasteiger partial charge >= 0.3 is 0 Å². The highest BCUT2D eigenvalue weighted by Gasteiger charge is 2.19. The number of likely N-dealkylation sites (tertiary alicyclic amines) is 1. The van der Waals surface area contributed by atoms with Crippen molar-refractivity contribution in [1.29, 1.82) is 0 Å². The third-order valence-corrected chi connectivity index (χ3v) is 3.52. The molecule has 1 heterocycles. The van der Waals surface area contributed by atoms with Crippen LogP contribution in [-0.2, 0) is 4.74 Å². The highest BCUT2D eigenvalue weighted by atomic mass is 127. The van der Waals surface area contributed by atoms with Gasteiger partial charge in [0.25, 0.3) is 0 Å². The highest BCUT2D eigenvalue weighted by Crippen LogP contribution is 2.10. The Kier molecular flexibility index (Phi) is 13.5. The number of hydrogen-bond donors (Lipinski definition) is 2. The Morgan fingerprint density at radius 2 is 1.95 bits per heavy atom. The van der Waals surface area contributed by atoms with Gasteiger partial charge in [-0.15, -0.1) is 24.0 Å². The van der Waals surface area contributed by atoms with Gasteiger partial charge in [-0.3, -0.25) is 4.99 Å². The number of rotatable bonds is 8. The van der Waals surface area contributed by atoms with Crippen molar-refractivity contribution in [1.82, 2.24) is 15.5 Å². The van der Waals surface area contributed by atoms with Crippen LogP contribution in [0.15, 0.2) is 4.99 Å². The van der Waals surface area contributed by atoms with E-state index in [1.807, 2.05) is 6.92 Å². The molecule has 6 heteroatoms. The van der Waals surface area contributed by atoms with Crippen molar-refractivity contribution >= 4 is 29.9 Å². The third-order valence-electron chi connectivity index (χ3n) is 3.52. The Hall–Kier alpha value is -0.0800. The van der Waals surface area contributed by atoms with E-state index in [9.17, 15) is 0 Å². The largest absolute Gasteiger partial charge is 0.380 e. The summed E-state index contributed by atoms with van der Waals surface area (Å²) in [5.74, 6) is 0.932. The average Bonchev–Trinajstić information content (AvgIpc) is 2.46. The van der Waals surface area contributed by atoms with Gasteiger partial charge in [0.2, 0.25) is 0 Å². The first-order valence-corrected chi connectivity index (χ1v) is 8.15. The van der Waals surface area contributed by atoms with Gasteiger partial charge in [-0.25, -0.2) is 0 Å². The maximum atomic E-state index is 5.32. The van der Waals surface area contributed by atoms with Gasteiger partial charge in [0, 0.05) is 32.3 Å². The second-order valence-electron chi connectivity index (χ2n) is 5.22. The molecule has 1 aliphatic heterocycles. The van der Waals surface area contributed by atoms with Crippen molar-refractivity contribution in [3.8, 4) is 0 Å². The Balaban J connectivity index is 0.00000400. The van der Waals surface area contributed by atoms with Crippen LogP contribution in [-0.4, -0.2) is 62.8 Å². The maximum Gasteiger partial charge on any atom is 0.191 e. The lowest BCUT2D eigenvalue weighted by molar-refractivity contribution is 0.155. The van der Waals surface area contributed by atoms with E-state index in [-0.39, 0.29) is 24.0 Å². The van der Waals surface area contributed by atoms with E-state index < -0.39 is 0 Å². The number of guanidine groups is 1. The van der Waals surface area contributed by atoms with Crippen molar-refractivity contribution < 1.29 is 4.74 Å². The summed E-state index contributed by atoms with van der Waals surface area (Å²) in [6.45, 7) is 13.1. The van der Waals surface area contributed by atoms with Gasteiger partial charge in [0.05, 0.1) is 13.2 Å². The molecule has 1 fully saturated rings. The molecule has 0 spiro atoms. The van der Waals surface area contributed by atoms with Crippen molar-refractivity contribution in [3.05, 3.63) is 0 Å². The molecule has 126 valence electrons. The first kappa shape index (κ1) is 20.9. The van der Waals surface area contributed by atoms with E-state index in [1.165, 1.54) is 38.9 Å². The lowest BCUT2D eigenvalue weighted by Gasteiger charge is -2.32. The molecule has 0 aromatic rings. The number of nitrogens with zero attached hydrogens (tertiary/aromatic N) is 2. The molecular formula is C15H33IN4O. The van der Waals surface area contributed by atoms with Crippen molar-refractivity contribution in [3.63, 3.8) is 0 Å². The van der Waals surface area contributed by atoms with E-state index in [0.717, 1.165) is 25.7 Å². The molecule has 0 unspecified atom stereocenters. The summed E-state index contributed by atoms with van der Waals surface area (Å²) < 4.78 is 5.32. The molecule has 0 amide bonds. The van der Waals surface area contributed by atoms with Crippen LogP contribution in [0.3, 0.4) is 0 Å². The van der Waals surface area contributed by atoms with Gasteiger partial charge in [0.15, 0.2) is 5.96 Å². The van der Waals surface area contributed by atoms with Crippen molar-refractivity contribution in [2.75, 3.05) is 45.9 Å². The summed E-state index contributed by atoms with van der Waals surface area (Å²) in [4.78, 5) is 7.11. The van der Waals surface area contributed by atoms with Gasteiger partial charge in [-0.2, -0.15) is 0 Å². The quantitative estimate of drug-likeness (QED) is 0.277. The van der Waals surface area contributed by atoms with Gasteiger partial charge in [-0.05, 0) is 39.7 Å². The minimum absolute atomic E-state index is 0. The number of piperidine rings is 1. The predicted molar refractivity (Wildman–Crippen MR) is 101 cm³/mol. The van der Waals surface area contributed by atoms with Gasteiger partial charge < -0.3 is 20.3 Å². The van der Waals surface area contributed by atoms with E-state index in [0.29, 0.717) is 12.6 Å². The minimum atomic E-state index is 0. The number of aliphatic imine (C=N–C) groups is 1. The Labute approximate surface area is 147 Å². The molecule has 0 aliphatic carbocycles. The molecule has 5 nitrogen and oxygen atoms in total. The fourth-order valence-corrected chi connectivity index (χ4v) is 2.50. The molecular weight excluding hydrogens is 379 g/mol. The summed E-state index contributed by atoms with van der Waals surface area (Å²) in [6, 6.07) is 0.549. The second kappa shape index (κ2) is 13.6. The van der Waals surface area contributed by atoms with Crippen LogP contribution in [0.25, 0.3) is 0 Å². The summed E-state index contributed by atoms with van der Waals surface area (Å²) in [7, 11) is 0. The van der Waals surface area contributed by atoms with E-state index in [1.54, 1.807) is 0 Å². The Morgan fingerprint density at radius 3 is 2.52 bits per heavy atom. The van der Waals surface area contributed by atoms with Crippen LogP contribution in [0.4, 0.5) is 0 Å². The second-order valence-corrected chi connectivity index (χ2v) is 5.22. The summed E-state index contributed by atoms with van der Waals surface area (Å²) in [5, 5.41) is 6.87. The third kappa shape index (κ3) is 9.52. The zero-order valence-electron chi connectivity index (χ0n) is 13.9. The number of hydrogen-bond acceptors (Lipinski definition) is 3. The van der Waals surface area contributed by atoms with Crippen LogP contribution in [0, 0.1) is 0 Å². The molecule has 1 rings (SSSR count). The average molecular weight is 412 g/mol. The Morgan fingerprint density at radius 1 is 1.24 bits per heavy atom. The van der Waals surface area contributed by atoms with E-state index in [4.69, 9.17) is 4.74 Å². The molecule has 0 bridgehead atoms. The highest BCUT2D eigenvalue weighted by molar-refractivity contribution is 14.0. The van der Waals surface area contributed by atoms with Gasteiger partial charge in [-0.1, -0.05) is 6.92 Å². The molecule has 0 aromatic carbocycles. The lowest BCUT2D eigenvalue weighted by Crippen LogP contribution is -2.48. The minimum Gasteiger partial charge on any atom is -0.380 e. The molecule has 0 atom stereocenters. The van der Waals surface area contributed by atoms with E-state index in [2.05, 4.69) is 34.4 Å². The lowest BCUT2D eigenvalue weighted by atomic mass is 10.1. The molecule has 1 saturated heterocycles. The normalized spacial score (nSPS) is 17.4. The van der Waals surface area contributed by atoms with Crippen LogP contribution in [0.2, 0.25) is 0 Å². The fourth-order valence-electron chi connectivity index (χ4n) is 2.50. The smallest absolute Gasteiger partial charge is 0.191 e. The first-order chi connectivity index (χ1) is 9.80. The molecule has 2 N–H and O–H groups in total. The summed E-state index contributed by atoms with van der Waals surface area (Å²) in [5.41, 5.74) is 0. The summed E-state index contributed by atoms with van der Waals surface area (Å²) in [6.07, 6.45) is 3.66. The summed E-state index contributed by atoms with van der Waals surface area (Å²) >= 11 is 0. The van der Waals surface area contributed by atoms with Crippen molar-refractivity contribution in [2.45, 2.75) is 46.1 Å². The van der Waals surface area contributed by atoms with Crippen molar-refractivity contribution in [2.24, 2.45) is 4.99 Å². The van der Waals surface area contributed by atoms with Crippen LogP contribution < -0.4 is 10.6 Å².